The van der Waals surface area contributed by atoms with Crippen molar-refractivity contribution in [1.82, 2.24) is 15.0 Å². The van der Waals surface area contributed by atoms with E-state index in [1.165, 1.54) is 10.0 Å². The van der Waals surface area contributed by atoms with Crippen LogP contribution < -0.4 is 4.90 Å². The van der Waals surface area contributed by atoms with Gasteiger partial charge in [0.1, 0.15) is 5.57 Å². The number of hydrogen-bond donors (Lipinski definition) is 0. The first kappa shape index (κ1) is 19.4. The smallest absolute Gasteiger partial charge is 0.277 e. The first-order valence-electron chi connectivity index (χ1n) is 8.93. The predicted octanol–water partition coefficient (Wildman–Crippen LogP) is 3.21. The number of carbonyl (C=O) groups is 2. The summed E-state index contributed by atoms with van der Waals surface area (Å²) >= 11 is 6.52. The molecule has 0 N–H and O–H groups in total. The van der Waals surface area contributed by atoms with Crippen LogP contribution in [0.5, 0.6) is 0 Å². The summed E-state index contributed by atoms with van der Waals surface area (Å²) in [4.78, 5) is 31.3. The molecule has 2 amide bonds. The van der Waals surface area contributed by atoms with Crippen LogP contribution >= 0.6 is 11.6 Å². The van der Waals surface area contributed by atoms with E-state index in [9.17, 15) is 9.59 Å². The molecule has 7 heteroatoms. The summed E-state index contributed by atoms with van der Waals surface area (Å²) in [5.41, 5.74) is 3.73. The van der Waals surface area contributed by atoms with Crippen LogP contribution in [-0.4, -0.2) is 47.0 Å². The maximum Gasteiger partial charge on any atom is 0.277 e. The number of anilines is 1. The fourth-order valence-corrected chi connectivity index (χ4v) is 4.18. The van der Waals surface area contributed by atoms with E-state index < -0.39 is 0 Å². The van der Waals surface area contributed by atoms with Gasteiger partial charge >= 0.3 is 0 Å². The standard InChI is InChI=1S/C20H25ClN4O2/c1-11(2)25-15(9-8-13-18(26)23(6)24(7)19(13)27)20(4,5)16-12(3)22-10-14(21)17(16)25/h8-11H,1-7H3/b15-9+. The summed E-state index contributed by atoms with van der Waals surface area (Å²) in [7, 11) is 3.16. The number of carbonyl (C=O) groups excluding carboxylic acids is 2. The number of rotatable bonds is 2. The zero-order chi connectivity index (χ0) is 20.3. The van der Waals surface area contributed by atoms with Gasteiger partial charge in [0.15, 0.2) is 0 Å². The monoisotopic (exact) mass is 388 g/mol. The molecule has 3 heterocycles. The molecule has 3 rings (SSSR count). The van der Waals surface area contributed by atoms with Crippen molar-refractivity contribution in [3.8, 4) is 0 Å². The van der Waals surface area contributed by atoms with Gasteiger partial charge in [-0.2, -0.15) is 0 Å². The summed E-state index contributed by atoms with van der Waals surface area (Å²) in [5, 5.41) is 3.22. The second kappa shape index (κ2) is 6.37. The number of amides is 2. The number of nitrogens with zero attached hydrogens (tertiary/aromatic N) is 4. The summed E-state index contributed by atoms with van der Waals surface area (Å²) < 4.78 is 0. The molecule has 0 radical (unpaired) electrons. The Kier molecular flexibility index (Phi) is 4.58. The van der Waals surface area contributed by atoms with Crippen LogP contribution in [-0.2, 0) is 15.0 Å². The van der Waals surface area contributed by atoms with E-state index in [2.05, 4.69) is 37.6 Å². The third kappa shape index (κ3) is 2.74. The fraction of sp³-hybridized carbons (Fsp3) is 0.450. The van der Waals surface area contributed by atoms with Crippen molar-refractivity contribution in [1.29, 1.82) is 0 Å². The molecule has 6 nitrogen and oxygen atoms in total. The Hall–Kier alpha value is -2.34. The average molecular weight is 389 g/mol. The third-order valence-corrected chi connectivity index (χ3v) is 5.66. The number of aryl methyl sites for hydroxylation is 1. The molecule has 1 saturated heterocycles. The van der Waals surface area contributed by atoms with Gasteiger partial charge in [-0.05, 0) is 32.9 Å². The SMILES string of the molecule is Cc1ncc(Cl)c2c1C(C)(C)/C(=C\C=C1C(=O)N(C)N(C)C1=O)N2C(C)C. The van der Waals surface area contributed by atoms with Gasteiger partial charge in [0.2, 0.25) is 0 Å². The van der Waals surface area contributed by atoms with Crippen molar-refractivity contribution in [2.75, 3.05) is 19.0 Å². The number of aromatic nitrogens is 1. The molecular formula is C20H25ClN4O2. The highest BCUT2D eigenvalue weighted by Gasteiger charge is 2.44. The van der Waals surface area contributed by atoms with Gasteiger partial charge in [-0.25, -0.2) is 0 Å². The minimum Gasteiger partial charge on any atom is -0.340 e. The molecule has 1 fully saturated rings. The Morgan fingerprint density at radius 3 is 2.19 bits per heavy atom. The van der Waals surface area contributed by atoms with Gasteiger partial charge in [-0.3, -0.25) is 24.6 Å². The Balaban J connectivity index is 2.18. The van der Waals surface area contributed by atoms with Gasteiger partial charge in [0.05, 0.1) is 10.7 Å². The highest BCUT2D eigenvalue weighted by Crippen LogP contribution is 2.52. The van der Waals surface area contributed by atoms with Crippen molar-refractivity contribution in [2.45, 2.75) is 46.1 Å². The molecule has 0 bridgehead atoms. The Morgan fingerprint density at radius 2 is 1.67 bits per heavy atom. The molecule has 1 aromatic rings. The molecule has 2 aliphatic heterocycles. The fourth-order valence-electron chi connectivity index (χ4n) is 3.95. The average Bonchev–Trinajstić information content (AvgIpc) is 2.94. The quantitative estimate of drug-likeness (QED) is 0.576. The maximum absolute atomic E-state index is 12.4. The molecule has 2 aliphatic rings. The number of hydrazine groups is 1. The molecule has 0 aromatic carbocycles. The van der Waals surface area contributed by atoms with E-state index in [0.29, 0.717) is 5.02 Å². The highest BCUT2D eigenvalue weighted by molar-refractivity contribution is 6.33. The van der Waals surface area contributed by atoms with Gasteiger partial charge in [0, 0.05) is 48.7 Å². The second-order valence-electron chi connectivity index (χ2n) is 7.79. The lowest BCUT2D eigenvalue weighted by Gasteiger charge is -2.30. The lowest BCUT2D eigenvalue weighted by atomic mass is 9.82. The van der Waals surface area contributed by atoms with Crippen LogP contribution in [0.3, 0.4) is 0 Å². The van der Waals surface area contributed by atoms with E-state index >= 15 is 0 Å². The van der Waals surface area contributed by atoms with Crippen molar-refractivity contribution in [3.63, 3.8) is 0 Å². The Morgan fingerprint density at radius 1 is 1.11 bits per heavy atom. The molecule has 144 valence electrons. The normalized spacial score (nSPS) is 20.4. The van der Waals surface area contributed by atoms with Gasteiger partial charge in [-0.1, -0.05) is 25.4 Å². The summed E-state index contributed by atoms with van der Waals surface area (Å²) in [6.07, 6.45) is 5.17. The number of hydrogen-bond acceptors (Lipinski definition) is 4. The lowest BCUT2D eigenvalue weighted by Crippen LogP contribution is -2.33. The van der Waals surface area contributed by atoms with Crippen LogP contribution in [0.2, 0.25) is 5.02 Å². The maximum atomic E-state index is 12.4. The zero-order valence-electron chi connectivity index (χ0n) is 16.8. The first-order valence-corrected chi connectivity index (χ1v) is 9.31. The predicted molar refractivity (Wildman–Crippen MR) is 106 cm³/mol. The molecule has 0 saturated carbocycles. The third-order valence-electron chi connectivity index (χ3n) is 5.39. The largest absolute Gasteiger partial charge is 0.340 e. The molecule has 0 atom stereocenters. The van der Waals surface area contributed by atoms with Crippen LogP contribution in [0, 0.1) is 6.92 Å². The van der Waals surface area contributed by atoms with Crippen molar-refractivity contribution in [2.24, 2.45) is 0 Å². The highest BCUT2D eigenvalue weighted by atomic mass is 35.5. The molecule has 0 spiro atoms. The number of fused-ring (bicyclic) bond motifs is 1. The Labute approximate surface area is 165 Å². The van der Waals surface area contributed by atoms with Gasteiger partial charge in [0.25, 0.3) is 11.8 Å². The Bertz CT molecular complexity index is 879. The number of pyridine rings is 1. The minimum atomic E-state index is -0.360. The van der Waals surface area contributed by atoms with Crippen LogP contribution in [0.15, 0.2) is 29.6 Å². The molecular weight excluding hydrogens is 364 g/mol. The zero-order valence-corrected chi connectivity index (χ0v) is 17.5. The second-order valence-corrected chi connectivity index (χ2v) is 8.20. The van der Waals surface area contributed by atoms with Gasteiger partial charge in [-0.15, -0.1) is 0 Å². The number of likely N-dealkylation sites (N-methyl/N-ethyl adjacent to an activating group) is 2. The number of allylic oxidation sites excluding steroid dienone is 3. The van der Waals surface area contributed by atoms with Crippen molar-refractivity contribution >= 4 is 29.1 Å². The van der Waals surface area contributed by atoms with E-state index in [1.807, 2.05) is 13.0 Å². The summed E-state index contributed by atoms with van der Waals surface area (Å²) in [5.74, 6) is -0.612. The van der Waals surface area contributed by atoms with E-state index in [4.69, 9.17) is 11.6 Å². The van der Waals surface area contributed by atoms with Crippen LogP contribution in [0.4, 0.5) is 5.69 Å². The van der Waals surface area contributed by atoms with E-state index in [0.717, 1.165) is 22.6 Å². The van der Waals surface area contributed by atoms with Crippen LogP contribution in [0.25, 0.3) is 0 Å². The topological polar surface area (TPSA) is 56.8 Å². The van der Waals surface area contributed by atoms with Crippen molar-refractivity contribution in [3.05, 3.63) is 45.9 Å². The molecule has 27 heavy (non-hydrogen) atoms. The van der Waals surface area contributed by atoms with Crippen LogP contribution in [0.1, 0.15) is 39.0 Å². The van der Waals surface area contributed by atoms with Gasteiger partial charge < -0.3 is 4.90 Å². The number of halogens is 1. The van der Waals surface area contributed by atoms with E-state index in [-0.39, 0.29) is 28.8 Å². The summed E-state index contributed by atoms with van der Waals surface area (Å²) in [6, 6.07) is 0.148. The molecule has 0 aliphatic carbocycles. The first-order chi connectivity index (χ1) is 12.5. The van der Waals surface area contributed by atoms with E-state index in [1.54, 1.807) is 26.4 Å². The summed E-state index contributed by atoms with van der Waals surface area (Å²) in [6.45, 7) is 10.4. The molecule has 1 aromatic heterocycles. The minimum absolute atomic E-state index is 0.148. The lowest BCUT2D eigenvalue weighted by molar-refractivity contribution is -0.141. The molecule has 0 unspecified atom stereocenters. The van der Waals surface area contributed by atoms with Crippen molar-refractivity contribution < 1.29 is 9.59 Å².